The van der Waals surface area contributed by atoms with Crippen molar-refractivity contribution in [1.82, 2.24) is 24.4 Å². The smallest absolute Gasteiger partial charge is 0.330 e. The van der Waals surface area contributed by atoms with Gasteiger partial charge < -0.3 is 24.7 Å². The Morgan fingerprint density at radius 1 is 1.28 bits per heavy atom. The number of allylic oxidation sites excluding steroid dienone is 1. The van der Waals surface area contributed by atoms with Gasteiger partial charge in [0.15, 0.2) is 23.5 Å². The second kappa shape index (κ2) is 9.70. The third kappa shape index (κ3) is 4.72. The standard InChI is InChI=1S/C25H36N6O5/c1-6-33-18(32)8-7-15-9-16(10-15)30(14(2)3)11-17-20-21(36-25(4,5)35-20)24(34-17)31-13-29-19-22(26)27-12-28-23(19)31/h7-8,12-17,20-21,24H,6,9-11H2,1-5H3,(H2,26,27,28)/b8-7+/t15?,16?,17-,20-,21-,24?/m1/s1. The van der Waals surface area contributed by atoms with Gasteiger partial charge in [0.25, 0.3) is 0 Å². The van der Waals surface area contributed by atoms with E-state index in [4.69, 9.17) is 24.7 Å². The van der Waals surface area contributed by atoms with E-state index in [1.807, 2.05) is 31.4 Å². The van der Waals surface area contributed by atoms with Crippen LogP contribution in [0.25, 0.3) is 11.2 Å². The van der Waals surface area contributed by atoms with Gasteiger partial charge in [0.2, 0.25) is 0 Å². The van der Waals surface area contributed by atoms with Crippen LogP contribution in [0, 0.1) is 5.92 Å². The predicted molar refractivity (Wildman–Crippen MR) is 132 cm³/mol. The highest BCUT2D eigenvalue weighted by Crippen LogP contribution is 2.45. The third-order valence-electron chi connectivity index (χ3n) is 7.25. The number of rotatable bonds is 8. The Bertz CT molecular complexity index is 1130. The lowest BCUT2D eigenvalue weighted by molar-refractivity contribution is -0.199. The number of ether oxygens (including phenoxy) is 4. The minimum atomic E-state index is -0.720. The van der Waals surface area contributed by atoms with Crippen molar-refractivity contribution < 1.29 is 23.7 Å². The molecular formula is C25H36N6O5. The zero-order chi connectivity index (χ0) is 25.6. The topological polar surface area (TPSA) is 127 Å². The van der Waals surface area contributed by atoms with Crippen molar-refractivity contribution in [2.45, 2.75) is 89.9 Å². The monoisotopic (exact) mass is 500 g/mol. The van der Waals surface area contributed by atoms with Crippen molar-refractivity contribution >= 4 is 23.0 Å². The fourth-order valence-electron chi connectivity index (χ4n) is 5.54. The van der Waals surface area contributed by atoms with Crippen molar-refractivity contribution in [2.24, 2.45) is 5.92 Å². The molecule has 11 nitrogen and oxygen atoms in total. The van der Waals surface area contributed by atoms with Gasteiger partial charge in [-0.25, -0.2) is 19.7 Å². The van der Waals surface area contributed by atoms with Crippen LogP contribution in [0.1, 0.15) is 53.7 Å². The second-order valence-electron chi connectivity index (χ2n) is 10.5. The minimum Gasteiger partial charge on any atom is -0.463 e. The highest BCUT2D eigenvalue weighted by atomic mass is 16.8. The third-order valence-corrected chi connectivity index (χ3v) is 7.25. The number of imidazole rings is 1. The van der Waals surface area contributed by atoms with Crippen molar-refractivity contribution in [2.75, 3.05) is 18.9 Å². The summed E-state index contributed by atoms with van der Waals surface area (Å²) in [6.45, 7) is 11.2. The lowest BCUT2D eigenvalue weighted by Crippen LogP contribution is -2.52. The Hall–Kier alpha value is -2.60. The van der Waals surface area contributed by atoms with Gasteiger partial charge in [0, 0.05) is 24.7 Å². The van der Waals surface area contributed by atoms with E-state index < -0.39 is 12.0 Å². The molecule has 0 amide bonds. The molecule has 36 heavy (non-hydrogen) atoms. The van der Waals surface area contributed by atoms with E-state index in [0.29, 0.717) is 48.1 Å². The molecule has 0 aromatic carbocycles. The maximum Gasteiger partial charge on any atom is 0.330 e. The average molecular weight is 501 g/mol. The van der Waals surface area contributed by atoms with Crippen molar-refractivity contribution in [3.8, 4) is 0 Å². The summed E-state index contributed by atoms with van der Waals surface area (Å²) < 4.78 is 26.1. The van der Waals surface area contributed by atoms with Crippen LogP contribution in [-0.2, 0) is 23.7 Å². The quantitative estimate of drug-likeness (QED) is 0.426. The summed E-state index contributed by atoms with van der Waals surface area (Å²) in [7, 11) is 0. The van der Waals surface area contributed by atoms with Crippen LogP contribution in [0.3, 0.4) is 0 Å². The number of carbonyl (C=O) groups is 1. The molecule has 1 unspecified atom stereocenters. The van der Waals surface area contributed by atoms with Gasteiger partial charge in [-0.2, -0.15) is 0 Å². The molecular weight excluding hydrogens is 464 g/mol. The lowest BCUT2D eigenvalue weighted by Gasteiger charge is -2.45. The van der Waals surface area contributed by atoms with Gasteiger partial charge >= 0.3 is 5.97 Å². The Labute approximate surface area is 210 Å². The Balaban J connectivity index is 1.31. The highest BCUT2D eigenvalue weighted by Gasteiger charge is 2.56. The number of carbonyl (C=O) groups excluding carboxylic acids is 1. The van der Waals surface area contributed by atoms with Crippen LogP contribution >= 0.6 is 0 Å². The molecule has 0 bridgehead atoms. The number of esters is 1. The van der Waals surface area contributed by atoms with Gasteiger partial charge in [-0.05, 0) is 53.4 Å². The number of fused-ring (bicyclic) bond motifs is 2. The van der Waals surface area contributed by atoms with E-state index in [-0.39, 0.29) is 24.3 Å². The number of hydrogen-bond donors (Lipinski definition) is 1. The normalized spacial score (nSPS) is 31.4. The second-order valence-corrected chi connectivity index (χ2v) is 10.5. The van der Waals surface area contributed by atoms with Crippen LogP contribution in [-0.4, -0.2) is 79.7 Å². The average Bonchev–Trinajstić information content (AvgIpc) is 3.43. The van der Waals surface area contributed by atoms with Gasteiger partial charge in [-0.1, -0.05) is 6.08 Å². The highest BCUT2D eigenvalue weighted by molar-refractivity contribution is 5.82. The van der Waals surface area contributed by atoms with Crippen LogP contribution in [0.4, 0.5) is 5.82 Å². The summed E-state index contributed by atoms with van der Waals surface area (Å²) in [6, 6.07) is 0.725. The summed E-state index contributed by atoms with van der Waals surface area (Å²) in [5.74, 6) is -0.296. The van der Waals surface area contributed by atoms with E-state index in [9.17, 15) is 4.79 Å². The minimum absolute atomic E-state index is 0.199. The zero-order valence-electron chi connectivity index (χ0n) is 21.5. The largest absolute Gasteiger partial charge is 0.463 e. The first-order valence-electron chi connectivity index (χ1n) is 12.7. The molecule has 2 N–H and O–H groups in total. The number of anilines is 1. The Morgan fingerprint density at radius 3 is 2.75 bits per heavy atom. The summed E-state index contributed by atoms with van der Waals surface area (Å²) in [6.07, 6.45) is 7.42. The molecule has 2 aromatic heterocycles. The van der Waals surface area contributed by atoms with E-state index >= 15 is 0 Å². The molecule has 4 heterocycles. The van der Waals surface area contributed by atoms with E-state index in [0.717, 1.165) is 12.8 Å². The maximum atomic E-state index is 11.6. The molecule has 5 rings (SSSR count). The zero-order valence-corrected chi connectivity index (χ0v) is 21.5. The molecule has 4 atom stereocenters. The van der Waals surface area contributed by atoms with E-state index in [1.165, 1.54) is 6.33 Å². The Morgan fingerprint density at radius 2 is 2.03 bits per heavy atom. The van der Waals surface area contributed by atoms with Crippen LogP contribution < -0.4 is 5.73 Å². The molecule has 3 aliphatic rings. The van der Waals surface area contributed by atoms with Crippen LogP contribution in [0.5, 0.6) is 0 Å². The summed E-state index contributed by atoms with van der Waals surface area (Å²) in [5, 5.41) is 0. The SMILES string of the molecule is CCOC(=O)/C=C/C1CC(N(C[C@H]2OC(n3cnc4c(N)ncnc43)[C@@H]3OC(C)(C)O[C@H]23)C(C)C)C1. The summed E-state index contributed by atoms with van der Waals surface area (Å²) in [4.78, 5) is 27.0. The number of nitrogens with zero attached hydrogens (tertiary/aromatic N) is 5. The van der Waals surface area contributed by atoms with E-state index in [1.54, 1.807) is 12.4 Å². The van der Waals surface area contributed by atoms with Gasteiger partial charge in [0.05, 0.1) is 12.9 Å². The molecule has 3 fully saturated rings. The van der Waals surface area contributed by atoms with Crippen molar-refractivity contribution in [3.63, 3.8) is 0 Å². The summed E-state index contributed by atoms with van der Waals surface area (Å²) in [5.41, 5.74) is 7.15. The first-order chi connectivity index (χ1) is 17.2. The molecule has 0 radical (unpaired) electrons. The van der Waals surface area contributed by atoms with Crippen LogP contribution in [0.15, 0.2) is 24.8 Å². The fraction of sp³-hybridized carbons (Fsp3) is 0.680. The van der Waals surface area contributed by atoms with Crippen LogP contribution in [0.2, 0.25) is 0 Å². The van der Waals surface area contributed by atoms with E-state index in [2.05, 4.69) is 33.7 Å². The Kier molecular flexibility index (Phi) is 6.75. The van der Waals surface area contributed by atoms with Gasteiger partial charge in [-0.15, -0.1) is 0 Å². The van der Waals surface area contributed by atoms with Gasteiger partial charge in [0.1, 0.15) is 30.2 Å². The number of nitrogen functional groups attached to an aromatic ring is 1. The summed E-state index contributed by atoms with van der Waals surface area (Å²) >= 11 is 0. The van der Waals surface area contributed by atoms with Gasteiger partial charge in [-0.3, -0.25) is 9.47 Å². The molecule has 2 aliphatic heterocycles. The van der Waals surface area contributed by atoms with Crippen molar-refractivity contribution in [1.29, 1.82) is 0 Å². The predicted octanol–water partition coefficient (Wildman–Crippen LogP) is 2.43. The first-order valence-corrected chi connectivity index (χ1v) is 12.7. The molecule has 196 valence electrons. The first kappa shape index (κ1) is 25.1. The number of aromatic nitrogens is 4. The molecule has 1 aliphatic carbocycles. The molecule has 0 spiro atoms. The molecule has 11 heteroatoms. The molecule has 1 saturated carbocycles. The molecule has 2 saturated heterocycles. The van der Waals surface area contributed by atoms with Crippen molar-refractivity contribution in [3.05, 3.63) is 24.8 Å². The lowest BCUT2D eigenvalue weighted by atomic mass is 9.78. The fourth-order valence-corrected chi connectivity index (χ4v) is 5.54. The number of hydrogen-bond acceptors (Lipinski definition) is 10. The molecule has 2 aromatic rings. The maximum absolute atomic E-state index is 11.6. The number of nitrogens with two attached hydrogens (primary N) is 1.